The molecule has 0 aliphatic heterocycles. The zero-order valence-corrected chi connectivity index (χ0v) is 12.2. The SMILES string of the molecule is O=S(=O)(N/N=C/c1ccccc1Br)c1ccccc1. The Labute approximate surface area is 120 Å². The van der Waals surface area contributed by atoms with Crippen molar-refractivity contribution in [2.24, 2.45) is 5.10 Å². The molecule has 2 rings (SSSR count). The van der Waals surface area contributed by atoms with Gasteiger partial charge in [-0.1, -0.05) is 52.3 Å². The summed E-state index contributed by atoms with van der Waals surface area (Å²) in [6, 6.07) is 15.5. The van der Waals surface area contributed by atoms with Crippen molar-refractivity contribution in [3.8, 4) is 0 Å². The molecule has 0 radical (unpaired) electrons. The summed E-state index contributed by atoms with van der Waals surface area (Å²) in [4.78, 5) is 2.35. The number of nitrogens with zero attached hydrogens (tertiary/aromatic N) is 1. The first-order valence-electron chi connectivity index (χ1n) is 5.44. The first kappa shape index (κ1) is 13.8. The number of benzene rings is 2. The Bertz CT molecular complexity index is 685. The van der Waals surface area contributed by atoms with Crippen LogP contribution in [0.4, 0.5) is 0 Å². The lowest BCUT2D eigenvalue weighted by Crippen LogP contribution is -2.18. The van der Waals surface area contributed by atoms with Gasteiger partial charge in [0.25, 0.3) is 10.0 Å². The number of rotatable bonds is 4. The molecule has 0 aliphatic carbocycles. The standard InChI is InChI=1S/C13H11BrN2O2S/c14-13-9-5-4-6-11(13)10-15-16-19(17,18)12-7-2-1-3-8-12/h1-10,16H/b15-10+. The van der Waals surface area contributed by atoms with E-state index in [4.69, 9.17) is 0 Å². The van der Waals surface area contributed by atoms with Crippen molar-refractivity contribution in [1.82, 2.24) is 4.83 Å². The Morgan fingerprint density at radius 3 is 2.32 bits per heavy atom. The van der Waals surface area contributed by atoms with E-state index >= 15 is 0 Å². The number of nitrogens with one attached hydrogen (secondary N) is 1. The van der Waals surface area contributed by atoms with Crippen LogP contribution in [0.3, 0.4) is 0 Å². The van der Waals surface area contributed by atoms with E-state index in [-0.39, 0.29) is 4.90 Å². The van der Waals surface area contributed by atoms with Crippen LogP contribution in [0, 0.1) is 0 Å². The molecule has 4 nitrogen and oxygen atoms in total. The van der Waals surface area contributed by atoms with Crippen LogP contribution in [0.15, 0.2) is 69.1 Å². The highest BCUT2D eigenvalue weighted by Crippen LogP contribution is 2.13. The van der Waals surface area contributed by atoms with Crippen LogP contribution in [-0.4, -0.2) is 14.6 Å². The van der Waals surface area contributed by atoms with Gasteiger partial charge in [0.1, 0.15) is 0 Å². The first-order chi connectivity index (χ1) is 9.09. The van der Waals surface area contributed by atoms with Crippen molar-refractivity contribution in [3.63, 3.8) is 0 Å². The molecule has 0 aliphatic rings. The molecule has 19 heavy (non-hydrogen) atoms. The summed E-state index contributed by atoms with van der Waals surface area (Å²) >= 11 is 3.35. The van der Waals surface area contributed by atoms with Crippen molar-refractivity contribution in [2.45, 2.75) is 4.90 Å². The fourth-order valence-electron chi connectivity index (χ4n) is 1.40. The molecule has 98 valence electrons. The molecule has 1 N–H and O–H groups in total. The van der Waals surface area contributed by atoms with Gasteiger partial charge in [0.05, 0.1) is 11.1 Å². The van der Waals surface area contributed by atoms with Crippen molar-refractivity contribution in [3.05, 3.63) is 64.6 Å². The Morgan fingerprint density at radius 1 is 1.00 bits per heavy atom. The second-order valence-corrected chi connectivity index (χ2v) is 6.20. The van der Waals surface area contributed by atoms with Gasteiger partial charge in [0, 0.05) is 10.0 Å². The van der Waals surface area contributed by atoms with E-state index in [1.165, 1.54) is 18.3 Å². The third kappa shape index (κ3) is 3.65. The highest BCUT2D eigenvalue weighted by Gasteiger charge is 2.10. The van der Waals surface area contributed by atoms with Crippen LogP contribution >= 0.6 is 15.9 Å². The summed E-state index contributed by atoms with van der Waals surface area (Å²) in [6.45, 7) is 0. The normalized spacial score (nSPS) is 11.6. The van der Waals surface area contributed by atoms with E-state index < -0.39 is 10.0 Å². The molecule has 2 aromatic carbocycles. The highest BCUT2D eigenvalue weighted by atomic mass is 79.9. The van der Waals surface area contributed by atoms with E-state index in [0.717, 1.165) is 10.0 Å². The fraction of sp³-hybridized carbons (Fsp3) is 0. The zero-order valence-electron chi connectivity index (χ0n) is 9.82. The maximum Gasteiger partial charge on any atom is 0.276 e. The Kier molecular flexibility index (Phi) is 4.34. The number of hydrogen-bond donors (Lipinski definition) is 1. The lowest BCUT2D eigenvalue weighted by Gasteiger charge is -2.02. The zero-order chi connectivity index (χ0) is 13.7. The Hall–Kier alpha value is -1.66. The number of halogens is 1. The molecule has 0 unspecified atom stereocenters. The van der Waals surface area contributed by atoms with Gasteiger partial charge >= 0.3 is 0 Å². The molecule has 0 saturated carbocycles. The summed E-state index contributed by atoms with van der Waals surface area (Å²) in [6.07, 6.45) is 1.45. The maximum atomic E-state index is 11.9. The summed E-state index contributed by atoms with van der Waals surface area (Å²) in [5.74, 6) is 0. The van der Waals surface area contributed by atoms with Crippen LogP contribution in [0.2, 0.25) is 0 Å². The summed E-state index contributed by atoms with van der Waals surface area (Å²) in [5, 5.41) is 3.76. The Morgan fingerprint density at radius 2 is 1.63 bits per heavy atom. The quantitative estimate of drug-likeness (QED) is 0.688. The molecule has 0 saturated heterocycles. The van der Waals surface area contributed by atoms with Crippen molar-refractivity contribution in [1.29, 1.82) is 0 Å². The fourth-order valence-corrected chi connectivity index (χ4v) is 2.60. The van der Waals surface area contributed by atoms with Crippen LogP contribution in [-0.2, 0) is 10.0 Å². The lowest BCUT2D eigenvalue weighted by molar-refractivity contribution is 0.584. The van der Waals surface area contributed by atoms with Gasteiger partial charge in [-0.05, 0) is 18.2 Å². The summed E-state index contributed by atoms with van der Waals surface area (Å²) < 4.78 is 24.6. The van der Waals surface area contributed by atoms with Crippen LogP contribution in [0.25, 0.3) is 0 Å². The highest BCUT2D eigenvalue weighted by molar-refractivity contribution is 9.10. The molecular formula is C13H11BrN2O2S. The monoisotopic (exact) mass is 338 g/mol. The maximum absolute atomic E-state index is 11.9. The van der Waals surface area contributed by atoms with Crippen molar-refractivity contribution >= 4 is 32.2 Å². The number of hydrogen-bond acceptors (Lipinski definition) is 3. The second kappa shape index (κ2) is 5.99. The van der Waals surface area contributed by atoms with Crippen LogP contribution in [0.1, 0.15) is 5.56 Å². The topological polar surface area (TPSA) is 58.5 Å². The predicted octanol–water partition coefficient (Wildman–Crippen LogP) is 2.76. The van der Waals surface area contributed by atoms with Gasteiger partial charge in [-0.3, -0.25) is 0 Å². The molecule has 0 bridgehead atoms. The van der Waals surface area contributed by atoms with Crippen molar-refractivity contribution in [2.75, 3.05) is 0 Å². The molecule has 0 amide bonds. The van der Waals surface area contributed by atoms with Gasteiger partial charge in [-0.2, -0.15) is 13.5 Å². The Balaban J connectivity index is 2.13. The van der Waals surface area contributed by atoms with Crippen molar-refractivity contribution < 1.29 is 8.42 Å². The number of sulfonamides is 1. The molecule has 0 fully saturated rings. The predicted molar refractivity (Wildman–Crippen MR) is 78.5 cm³/mol. The van der Waals surface area contributed by atoms with Gasteiger partial charge < -0.3 is 0 Å². The van der Waals surface area contributed by atoms with Crippen LogP contribution in [0.5, 0.6) is 0 Å². The minimum absolute atomic E-state index is 0.180. The van der Waals surface area contributed by atoms with E-state index in [2.05, 4.69) is 25.9 Å². The van der Waals surface area contributed by atoms with E-state index in [1.54, 1.807) is 18.2 Å². The average Bonchev–Trinajstić information content (AvgIpc) is 2.42. The third-order valence-electron chi connectivity index (χ3n) is 2.34. The van der Waals surface area contributed by atoms with E-state index in [1.807, 2.05) is 24.3 Å². The second-order valence-electron chi connectivity index (χ2n) is 3.69. The minimum atomic E-state index is -3.61. The van der Waals surface area contributed by atoms with E-state index in [9.17, 15) is 8.42 Å². The third-order valence-corrected chi connectivity index (χ3v) is 4.30. The summed E-state index contributed by atoms with van der Waals surface area (Å²) in [7, 11) is -3.61. The van der Waals surface area contributed by atoms with Crippen LogP contribution < -0.4 is 4.83 Å². The molecule has 0 heterocycles. The molecular weight excluding hydrogens is 328 g/mol. The molecule has 0 aromatic heterocycles. The summed E-state index contributed by atoms with van der Waals surface area (Å²) in [5.41, 5.74) is 0.790. The van der Waals surface area contributed by atoms with Gasteiger partial charge in [0.15, 0.2) is 0 Å². The average molecular weight is 339 g/mol. The molecule has 0 atom stereocenters. The lowest BCUT2D eigenvalue weighted by atomic mass is 10.2. The molecule has 0 spiro atoms. The molecule has 6 heteroatoms. The first-order valence-corrected chi connectivity index (χ1v) is 7.72. The number of hydrazone groups is 1. The van der Waals surface area contributed by atoms with Gasteiger partial charge in [-0.25, -0.2) is 4.83 Å². The van der Waals surface area contributed by atoms with E-state index in [0.29, 0.717) is 0 Å². The minimum Gasteiger partial charge on any atom is -0.200 e. The van der Waals surface area contributed by atoms with Gasteiger partial charge in [-0.15, -0.1) is 0 Å². The van der Waals surface area contributed by atoms with Gasteiger partial charge in [0.2, 0.25) is 0 Å². The molecule has 2 aromatic rings. The largest absolute Gasteiger partial charge is 0.276 e. The smallest absolute Gasteiger partial charge is 0.200 e.